The zero-order valence-corrected chi connectivity index (χ0v) is 14.1. The molecule has 1 aromatic heterocycles. The molecule has 0 atom stereocenters. The van der Waals surface area contributed by atoms with Crippen molar-refractivity contribution in [1.29, 1.82) is 5.26 Å². The molecule has 1 N–H and O–H groups in total. The Morgan fingerprint density at radius 3 is 2.79 bits per heavy atom. The first-order chi connectivity index (χ1) is 11.4. The maximum Gasteiger partial charge on any atom is 0.407 e. The highest BCUT2D eigenvalue weighted by Crippen LogP contribution is 2.20. The van der Waals surface area contributed by atoms with Crippen LogP contribution in [0, 0.1) is 11.3 Å². The molecule has 0 aliphatic rings. The van der Waals surface area contributed by atoms with Gasteiger partial charge >= 0.3 is 6.09 Å². The van der Waals surface area contributed by atoms with Crippen molar-refractivity contribution >= 4 is 17.0 Å². The number of rotatable bonds is 5. The molecule has 0 unspecified atom stereocenters. The summed E-state index contributed by atoms with van der Waals surface area (Å²) < 4.78 is 10.8. The fourth-order valence-electron chi connectivity index (χ4n) is 2.02. The number of alkyl carbamates (subject to hydrolysis) is 1. The Bertz CT molecular complexity index is 760. The summed E-state index contributed by atoms with van der Waals surface area (Å²) in [6.45, 7) is 6.43. The van der Waals surface area contributed by atoms with Crippen LogP contribution in [0.2, 0.25) is 0 Å². The minimum absolute atomic E-state index is 0.393. The number of ether oxygens (including phenoxy) is 2. The van der Waals surface area contributed by atoms with Crippen LogP contribution >= 0.6 is 0 Å². The van der Waals surface area contributed by atoms with Crippen LogP contribution in [-0.4, -0.2) is 29.8 Å². The molecule has 0 aliphatic carbocycles. The number of benzene rings is 1. The molecule has 24 heavy (non-hydrogen) atoms. The van der Waals surface area contributed by atoms with Crippen LogP contribution in [0.25, 0.3) is 10.9 Å². The number of fused-ring (bicyclic) bond motifs is 1. The Morgan fingerprint density at radius 1 is 1.29 bits per heavy atom. The molecule has 0 spiro atoms. The maximum absolute atomic E-state index is 11.5. The van der Waals surface area contributed by atoms with Crippen LogP contribution in [0.5, 0.6) is 5.75 Å². The lowest BCUT2D eigenvalue weighted by molar-refractivity contribution is 0.0525. The van der Waals surface area contributed by atoms with Crippen LogP contribution in [0.1, 0.15) is 32.9 Å². The van der Waals surface area contributed by atoms with E-state index in [1.807, 2.05) is 51.1 Å². The Kier molecular flexibility index (Phi) is 5.59. The van der Waals surface area contributed by atoms with Crippen molar-refractivity contribution < 1.29 is 14.3 Å². The first-order valence-electron chi connectivity index (χ1n) is 7.78. The van der Waals surface area contributed by atoms with E-state index in [1.165, 1.54) is 0 Å². The molecule has 2 rings (SSSR count). The molecule has 1 amide bonds. The van der Waals surface area contributed by atoms with Gasteiger partial charge in [-0.1, -0.05) is 0 Å². The number of pyridine rings is 1. The van der Waals surface area contributed by atoms with E-state index in [1.54, 1.807) is 6.07 Å². The van der Waals surface area contributed by atoms with Gasteiger partial charge in [-0.3, -0.25) is 0 Å². The molecule has 0 radical (unpaired) electrons. The van der Waals surface area contributed by atoms with Gasteiger partial charge in [0.15, 0.2) is 0 Å². The molecule has 0 saturated heterocycles. The summed E-state index contributed by atoms with van der Waals surface area (Å²) >= 11 is 0. The van der Waals surface area contributed by atoms with Gasteiger partial charge in [0.05, 0.1) is 12.1 Å². The fourth-order valence-corrected chi connectivity index (χ4v) is 2.02. The highest BCUT2D eigenvalue weighted by atomic mass is 16.6. The summed E-state index contributed by atoms with van der Waals surface area (Å²) in [5.41, 5.74) is 0.655. The van der Waals surface area contributed by atoms with Gasteiger partial charge in [0.1, 0.15) is 23.1 Å². The van der Waals surface area contributed by atoms with Crippen molar-refractivity contribution in [2.45, 2.75) is 32.8 Å². The zero-order valence-electron chi connectivity index (χ0n) is 14.1. The van der Waals surface area contributed by atoms with E-state index in [2.05, 4.69) is 10.3 Å². The van der Waals surface area contributed by atoms with Crippen LogP contribution in [-0.2, 0) is 4.74 Å². The summed E-state index contributed by atoms with van der Waals surface area (Å²) in [4.78, 5) is 15.7. The molecular formula is C18H21N3O3. The molecule has 0 saturated carbocycles. The summed E-state index contributed by atoms with van der Waals surface area (Å²) in [7, 11) is 0. The molecule has 0 fully saturated rings. The molecule has 0 aliphatic heterocycles. The van der Waals surface area contributed by atoms with Gasteiger partial charge in [-0.2, -0.15) is 5.26 Å². The number of nitriles is 1. The third-order valence-electron chi connectivity index (χ3n) is 3.03. The lowest BCUT2D eigenvalue weighted by Crippen LogP contribution is -2.33. The molecule has 0 bridgehead atoms. The van der Waals surface area contributed by atoms with Gasteiger partial charge in [0.25, 0.3) is 0 Å². The van der Waals surface area contributed by atoms with E-state index in [0.717, 1.165) is 16.7 Å². The zero-order chi connectivity index (χ0) is 17.6. The van der Waals surface area contributed by atoms with Crippen molar-refractivity contribution in [3.8, 4) is 11.8 Å². The molecular weight excluding hydrogens is 306 g/mol. The maximum atomic E-state index is 11.5. The lowest BCUT2D eigenvalue weighted by atomic mass is 10.2. The number of amides is 1. The third-order valence-corrected chi connectivity index (χ3v) is 3.03. The van der Waals surface area contributed by atoms with Crippen molar-refractivity contribution in [1.82, 2.24) is 10.3 Å². The largest absolute Gasteiger partial charge is 0.494 e. The average molecular weight is 327 g/mol. The van der Waals surface area contributed by atoms with Crippen LogP contribution in [0.3, 0.4) is 0 Å². The number of carbonyl (C=O) groups excluding carboxylic acids is 1. The summed E-state index contributed by atoms with van der Waals surface area (Å²) in [6.07, 6.45) is 0.246. The second-order valence-corrected chi connectivity index (χ2v) is 6.29. The molecule has 6 nitrogen and oxygen atoms in total. The molecule has 1 aromatic carbocycles. The van der Waals surface area contributed by atoms with Crippen molar-refractivity contribution in [2.24, 2.45) is 0 Å². The number of nitrogens with zero attached hydrogens (tertiary/aromatic N) is 2. The van der Waals surface area contributed by atoms with Gasteiger partial charge in [-0.25, -0.2) is 9.78 Å². The van der Waals surface area contributed by atoms with Crippen LogP contribution in [0.4, 0.5) is 4.79 Å². The van der Waals surface area contributed by atoms with Gasteiger partial charge in [-0.15, -0.1) is 0 Å². The topological polar surface area (TPSA) is 84.2 Å². The normalized spacial score (nSPS) is 10.9. The number of carbonyl (C=O) groups is 1. The van der Waals surface area contributed by atoms with Crippen LogP contribution < -0.4 is 10.1 Å². The number of aromatic nitrogens is 1. The molecule has 2 aromatic rings. The standard InChI is InChI=1S/C18H21N3O3/c1-18(2,3)24-17(22)20-9-4-10-23-15-7-8-16-13(11-15)5-6-14(12-19)21-16/h5-8,11H,4,9-10H2,1-3H3,(H,20,22). The molecule has 1 heterocycles. The van der Waals surface area contributed by atoms with Gasteiger partial charge in [0, 0.05) is 11.9 Å². The lowest BCUT2D eigenvalue weighted by Gasteiger charge is -2.19. The molecule has 126 valence electrons. The predicted octanol–water partition coefficient (Wildman–Crippen LogP) is 3.40. The Balaban J connectivity index is 1.78. The first kappa shape index (κ1) is 17.5. The van der Waals surface area contributed by atoms with E-state index >= 15 is 0 Å². The second kappa shape index (κ2) is 7.64. The highest BCUT2D eigenvalue weighted by Gasteiger charge is 2.15. The van der Waals surface area contributed by atoms with E-state index < -0.39 is 11.7 Å². The predicted molar refractivity (Wildman–Crippen MR) is 90.8 cm³/mol. The molecule has 6 heteroatoms. The van der Waals surface area contributed by atoms with Gasteiger partial charge in [-0.05, 0) is 57.5 Å². The SMILES string of the molecule is CC(C)(C)OC(=O)NCCCOc1ccc2nc(C#N)ccc2c1. The summed E-state index contributed by atoms with van der Waals surface area (Å²) in [5, 5.41) is 12.4. The number of nitrogens with one attached hydrogen (secondary N) is 1. The smallest absolute Gasteiger partial charge is 0.407 e. The monoisotopic (exact) mass is 327 g/mol. The number of hydrogen-bond donors (Lipinski definition) is 1. The minimum Gasteiger partial charge on any atom is -0.494 e. The van der Waals surface area contributed by atoms with E-state index in [-0.39, 0.29) is 0 Å². The highest BCUT2D eigenvalue weighted by molar-refractivity contribution is 5.80. The van der Waals surface area contributed by atoms with Crippen LogP contribution in [0.15, 0.2) is 30.3 Å². The number of hydrogen-bond acceptors (Lipinski definition) is 5. The van der Waals surface area contributed by atoms with E-state index in [0.29, 0.717) is 25.3 Å². The minimum atomic E-state index is -0.495. The Labute approximate surface area is 141 Å². The van der Waals surface area contributed by atoms with Gasteiger partial charge in [0.2, 0.25) is 0 Å². The fraction of sp³-hybridized carbons (Fsp3) is 0.389. The quantitative estimate of drug-likeness (QED) is 0.851. The summed E-state index contributed by atoms with van der Waals surface area (Å²) in [6, 6.07) is 11.1. The Morgan fingerprint density at radius 2 is 2.08 bits per heavy atom. The van der Waals surface area contributed by atoms with Crippen molar-refractivity contribution in [3.63, 3.8) is 0 Å². The van der Waals surface area contributed by atoms with E-state index in [9.17, 15) is 4.79 Å². The van der Waals surface area contributed by atoms with Crippen molar-refractivity contribution in [3.05, 3.63) is 36.0 Å². The Hall–Kier alpha value is -2.81. The third kappa shape index (κ3) is 5.43. The second-order valence-electron chi connectivity index (χ2n) is 6.29. The first-order valence-corrected chi connectivity index (χ1v) is 7.78. The van der Waals surface area contributed by atoms with Gasteiger partial charge < -0.3 is 14.8 Å². The average Bonchev–Trinajstić information content (AvgIpc) is 2.52. The van der Waals surface area contributed by atoms with E-state index in [4.69, 9.17) is 14.7 Å². The van der Waals surface area contributed by atoms with Crippen molar-refractivity contribution in [2.75, 3.05) is 13.2 Å². The summed E-state index contributed by atoms with van der Waals surface area (Å²) in [5.74, 6) is 0.728.